The highest BCUT2D eigenvalue weighted by molar-refractivity contribution is 7.23. The van der Waals surface area contributed by atoms with Gasteiger partial charge in [-0.15, -0.1) is 22.7 Å². The maximum atomic E-state index is 14.2. The van der Waals surface area contributed by atoms with Crippen molar-refractivity contribution in [1.82, 2.24) is 14.9 Å². The van der Waals surface area contributed by atoms with Crippen molar-refractivity contribution in [2.75, 3.05) is 11.9 Å². The molecule has 1 aliphatic rings. The average Bonchev–Trinajstić information content (AvgIpc) is 3.65. The van der Waals surface area contributed by atoms with Crippen molar-refractivity contribution in [3.63, 3.8) is 0 Å². The predicted octanol–water partition coefficient (Wildman–Crippen LogP) is 9.05. The van der Waals surface area contributed by atoms with Gasteiger partial charge in [-0.2, -0.15) is 0 Å². The van der Waals surface area contributed by atoms with Crippen LogP contribution in [0.4, 0.5) is 5.00 Å². The smallest absolute Gasteiger partial charge is 0.257 e. The fourth-order valence-electron chi connectivity index (χ4n) is 6.02. The first-order valence-electron chi connectivity index (χ1n) is 14.7. The monoisotopic (exact) mass is 608 g/mol. The Bertz CT molecular complexity index is 2100. The van der Waals surface area contributed by atoms with Crippen LogP contribution in [-0.4, -0.2) is 27.3 Å². The van der Waals surface area contributed by atoms with Gasteiger partial charge in [-0.05, 0) is 41.8 Å². The number of hydrogen-bond acceptors (Lipinski definition) is 6. The molecule has 0 saturated carbocycles. The summed E-state index contributed by atoms with van der Waals surface area (Å²) < 4.78 is 1.15. The van der Waals surface area contributed by atoms with E-state index in [1.807, 2.05) is 66.7 Å². The summed E-state index contributed by atoms with van der Waals surface area (Å²) in [6, 6.07) is 38.7. The minimum Gasteiger partial charge on any atom is -0.313 e. The van der Waals surface area contributed by atoms with Gasteiger partial charge in [0, 0.05) is 41.0 Å². The summed E-state index contributed by atoms with van der Waals surface area (Å²) in [4.78, 5) is 27.9. The molecule has 0 radical (unpaired) electrons. The zero-order chi connectivity index (χ0) is 29.5. The van der Waals surface area contributed by atoms with Crippen molar-refractivity contribution in [3.05, 3.63) is 137 Å². The van der Waals surface area contributed by atoms with Gasteiger partial charge in [0.05, 0.1) is 27.0 Å². The number of carbonyl (C=O) groups is 1. The minimum atomic E-state index is -0.136. The van der Waals surface area contributed by atoms with Crippen LogP contribution in [0.5, 0.6) is 0 Å². The maximum absolute atomic E-state index is 14.2. The molecule has 5 nitrogen and oxygen atoms in total. The lowest BCUT2D eigenvalue weighted by molar-refractivity contribution is 0.102. The second-order valence-electron chi connectivity index (χ2n) is 11.0. The molecule has 214 valence electrons. The van der Waals surface area contributed by atoms with Gasteiger partial charge in [-0.25, -0.2) is 9.97 Å². The molecular formula is C37H28N4OS2. The number of nitrogens with one attached hydrogen (secondary N) is 1. The number of benzene rings is 4. The summed E-state index contributed by atoms with van der Waals surface area (Å²) in [7, 11) is 0. The van der Waals surface area contributed by atoms with Crippen LogP contribution in [0.15, 0.2) is 115 Å². The molecule has 0 unspecified atom stereocenters. The zero-order valence-corrected chi connectivity index (χ0v) is 25.5. The third-order valence-corrected chi connectivity index (χ3v) is 10.3. The second kappa shape index (κ2) is 11.4. The summed E-state index contributed by atoms with van der Waals surface area (Å²) in [6.07, 6.45) is 0.913. The fourth-order valence-corrected chi connectivity index (χ4v) is 8.41. The molecule has 4 heterocycles. The van der Waals surface area contributed by atoms with Crippen LogP contribution in [0.1, 0.15) is 26.4 Å². The molecule has 4 aromatic carbocycles. The summed E-state index contributed by atoms with van der Waals surface area (Å²) in [5, 5.41) is 6.02. The van der Waals surface area contributed by atoms with Gasteiger partial charge in [-0.3, -0.25) is 9.69 Å². The average molecular weight is 609 g/mol. The number of nitrogens with zero attached hydrogens (tertiary/aromatic N) is 3. The van der Waals surface area contributed by atoms with Crippen LogP contribution in [0.3, 0.4) is 0 Å². The van der Waals surface area contributed by atoms with Crippen LogP contribution < -0.4 is 5.32 Å². The van der Waals surface area contributed by atoms with Crippen LogP contribution in [0, 0.1) is 0 Å². The number of thiophene rings is 1. The summed E-state index contributed by atoms with van der Waals surface area (Å²) in [6.45, 7) is 2.71. The Morgan fingerprint density at radius 2 is 1.52 bits per heavy atom. The van der Waals surface area contributed by atoms with Gasteiger partial charge in [0.2, 0.25) is 0 Å². The van der Waals surface area contributed by atoms with E-state index < -0.39 is 0 Å². The van der Waals surface area contributed by atoms with E-state index in [1.54, 1.807) is 22.7 Å². The van der Waals surface area contributed by atoms with Gasteiger partial charge in [0.15, 0.2) is 0 Å². The van der Waals surface area contributed by atoms with Crippen LogP contribution in [0.25, 0.3) is 42.9 Å². The van der Waals surface area contributed by atoms with Crippen LogP contribution in [-0.2, 0) is 19.5 Å². The number of pyridine rings is 1. The van der Waals surface area contributed by atoms with Crippen molar-refractivity contribution in [1.29, 1.82) is 0 Å². The van der Waals surface area contributed by atoms with Crippen molar-refractivity contribution in [2.24, 2.45) is 0 Å². The number of amides is 1. The lowest BCUT2D eigenvalue weighted by Gasteiger charge is -2.27. The first-order chi connectivity index (χ1) is 21.7. The van der Waals surface area contributed by atoms with Gasteiger partial charge in [0.25, 0.3) is 5.91 Å². The fraction of sp³-hybridized carbons (Fsp3) is 0.108. The second-order valence-corrected chi connectivity index (χ2v) is 13.2. The molecular weight excluding hydrogens is 581 g/mol. The molecule has 7 heteroatoms. The van der Waals surface area contributed by atoms with Crippen molar-refractivity contribution in [2.45, 2.75) is 19.5 Å². The third-order valence-electron chi connectivity index (χ3n) is 8.15. The Kier molecular flexibility index (Phi) is 6.99. The molecule has 1 amide bonds. The first kappa shape index (κ1) is 26.9. The SMILES string of the molecule is O=C(Nc1sc2c(c1-c1nc3ccccc3s1)CCN(Cc1ccccc1)C2)c1cc(-c2ccccc2)nc2ccccc12. The Balaban J connectivity index is 1.20. The standard InChI is InChI=1S/C37H28N4OS2/c42-35(28-21-31(25-13-5-2-6-14-25)38-29-16-8-7-15-26(28)29)40-37-34(36-39-30-17-9-10-18-32(30)43-36)27-19-20-41(23-33(27)44-37)22-24-11-3-1-4-12-24/h1-18,21H,19-20,22-23H2,(H,40,42). The van der Waals surface area contributed by atoms with Crippen molar-refractivity contribution in [3.8, 4) is 21.8 Å². The summed E-state index contributed by atoms with van der Waals surface area (Å²) in [5.74, 6) is -0.136. The third kappa shape index (κ3) is 5.09. The molecule has 3 aromatic heterocycles. The Morgan fingerprint density at radius 1 is 0.795 bits per heavy atom. The molecule has 0 bridgehead atoms. The molecule has 7 aromatic rings. The van der Waals surface area contributed by atoms with E-state index in [1.165, 1.54) is 16.0 Å². The van der Waals surface area contributed by atoms with Gasteiger partial charge in [-0.1, -0.05) is 91.0 Å². The van der Waals surface area contributed by atoms with Crippen molar-refractivity contribution >= 4 is 54.7 Å². The Hall–Kier alpha value is -4.69. The maximum Gasteiger partial charge on any atom is 0.257 e. The number of carbonyl (C=O) groups excluding carboxylic acids is 1. The highest BCUT2D eigenvalue weighted by Crippen LogP contribution is 2.46. The summed E-state index contributed by atoms with van der Waals surface area (Å²) in [5.41, 5.74) is 7.84. The van der Waals surface area contributed by atoms with E-state index in [0.29, 0.717) is 5.56 Å². The first-order valence-corrected chi connectivity index (χ1v) is 16.4. The normalized spacial score (nSPS) is 13.3. The quantitative estimate of drug-likeness (QED) is 0.205. The van der Waals surface area contributed by atoms with Gasteiger partial charge in [0.1, 0.15) is 10.0 Å². The topological polar surface area (TPSA) is 58.1 Å². The molecule has 1 aliphatic heterocycles. The van der Waals surface area contributed by atoms with Crippen LogP contribution in [0.2, 0.25) is 0 Å². The van der Waals surface area contributed by atoms with E-state index in [0.717, 1.165) is 74.0 Å². The van der Waals surface area contributed by atoms with E-state index in [-0.39, 0.29) is 5.91 Å². The molecule has 0 atom stereocenters. The molecule has 1 N–H and O–H groups in total. The molecule has 44 heavy (non-hydrogen) atoms. The Labute approximate surface area is 263 Å². The predicted molar refractivity (Wildman–Crippen MR) is 182 cm³/mol. The highest BCUT2D eigenvalue weighted by Gasteiger charge is 2.28. The van der Waals surface area contributed by atoms with E-state index in [4.69, 9.17) is 9.97 Å². The number of thiazole rings is 1. The van der Waals surface area contributed by atoms with E-state index in [9.17, 15) is 4.79 Å². The highest BCUT2D eigenvalue weighted by atomic mass is 32.1. The number of para-hydroxylation sites is 2. The number of hydrogen-bond donors (Lipinski definition) is 1. The molecule has 0 saturated heterocycles. The molecule has 8 rings (SSSR count). The van der Waals surface area contributed by atoms with Gasteiger partial charge >= 0.3 is 0 Å². The van der Waals surface area contributed by atoms with Gasteiger partial charge < -0.3 is 5.32 Å². The lowest BCUT2D eigenvalue weighted by atomic mass is 10.0. The number of anilines is 1. The number of fused-ring (bicyclic) bond motifs is 3. The largest absolute Gasteiger partial charge is 0.313 e. The van der Waals surface area contributed by atoms with Crippen LogP contribution >= 0.6 is 22.7 Å². The molecule has 0 aliphatic carbocycles. The zero-order valence-electron chi connectivity index (χ0n) is 23.9. The Morgan fingerprint density at radius 3 is 2.34 bits per heavy atom. The summed E-state index contributed by atoms with van der Waals surface area (Å²) >= 11 is 3.38. The van der Waals surface area contributed by atoms with E-state index in [2.05, 4.69) is 58.7 Å². The van der Waals surface area contributed by atoms with Crippen molar-refractivity contribution < 1.29 is 4.79 Å². The molecule has 0 spiro atoms. The van der Waals surface area contributed by atoms with E-state index >= 15 is 0 Å². The minimum absolute atomic E-state index is 0.136. The number of aromatic nitrogens is 2. The lowest BCUT2D eigenvalue weighted by Crippen LogP contribution is -2.29. The molecule has 0 fully saturated rings. The number of rotatable bonds is 6.